The highest BCUT2D eigenvalue weighted by molar-refractivity contribution is 7.10. The van der Waals surface area contributed by atoms with Crippen molar-refractivity contribution in [3.63, 3.8) is 0 Å². The summed E-state index contributed by atoms with van der Waals surface area (Å²) in [4.78, 5) is 4.05. The number of aromatic nitrogens is 2. The SMILES string of the molecule is CC.Clc1nc(C2CC2)ns1. The molecule has 0 saturated heterocycles. The quantitative estimate of drug-likeness (QED) is 0.680. The maximum Gasteiger partial charge on any atom is 0.203 e. The van der Waals surface area contributed by atoms with Crippen LogP contribution in [0.25, 0.3) is 0 Å². The Hall–Kier alpha value is -0.150. The van der Waals surface area contributed by atoms with Crippen molar-refractivity contribution in [3.05, 3.63) is 10.3 Å². The van der Waals surface area contributed by atoms with E-state index in [0.717, 1.165) is 5.82 Å². The predicted octanol–water partition coefficient (Wildman–Crippen LogP) is 3.10. The fraction of sp³-hybridized carbons (Fsp3) is 0.714. The topological polar surface area (TPSA) is 25.8 Å². The summed E-state index contributed by atoms with van der Waals surface area (Å²) >= 11 is 6.85. The minimum atomic E-state index is 0.567. The van der Waals surface area contributed by atoms with Crippen molar-refractivity contribution in [2.24, 2.45) is 0 Å². The molecule has 62 valence electrons. The summed E-state index contributed by atoms with van der Waals surface area (Å²) in [6.45, 7) is 4.00. The van der Waals surface area contributed by atoms with Crippen molar-refractivity contribution in [3.8, 4) is 0 Å². The molecule has 0 bridgehead atoms. The van der Waals surface area contributed by atoms with Crippen LogP contribution in [-0.2, 0) is 0 Å². The maximum absolute atomic E-state index is 5.58. The summed E-state index contributed by atoms with van der Waals surface area (Å²) in [5.41, 5.74) is 0. The first-order valence-corrected chi connectivity index (χ1v) is 5.00. The van der Waals surface area contributed by atoms with Crippen molar-refractivity contribution in [1.82, 2.24) is 9.36 Å². The lowest BCUT2D eigenvalue weighted by Crippen LogP contribution is -1.78. The van der Waals surface area contributed by atoms with Crippen molar-refractivity contribution < 1.29 is 0 Å². The summed E-state index contributed by atoms with van der Waals surface area (Å²) in [5.74, 6) is 1.58. The highest BCUT2D eigenvalue weighted by atomic mass is 35.5. The van der Waals surface area contributed by atoms with Gasteiger partial charge in [-0.1, -0.05) is 13.8 Å². The number of halogens is 1. The Morgan fingerprint density at radius 3 is 2.45 bits per heavy atom. The van der Waals surface area contributed by atoms with Gasteiger partial charge in [-0.3, -0.25) is 0 Å². The van der Waals surface area contributed by atoms with E-state index in [2.05, 4.69) is 9.36 Å². The van der Waals surface area contributed by atoms with E-state index in [-0.39, 0.29) is 0 Å². The Morgan fingerprint density at radius 1 is 1.45 bits per heavy atom. The molecule has 0 aliphatic heterocycles. The first-order valence-electron chi connectivity index (χ1n) is 3.85. The number of hydrogen-bond donors (Lipinski definition) is 0. The van der Waals surface area contributed by atoms with Crippen LogP contribution in [0.1, 0.15) is 38.4 Å². The van der Waals surface area contributed by atoms with Gasteiger partial charge in [-0.05, 0) is 36.0 Å². The molecule has 0 amide bonds. The molecule has 2 nitrogen and oxygen atoms in total. The van der Waals surface area contributed by atoms with Crippen molar-refractivity contribution in [2.45, 2.75) is 32.6 Å². The van der Waals surface area contributed by atoms with E-state index < -0.39 is 0 Å². The zero-order valence-corrected chi connectivity index (χ0v) is 8.24. The van der Waals surface area contributed by atoms with Crippen LogP contribution in [0.2, 0.25) is 4.47 Å². The Bertz CT molecular complexity index is 220. The third kappa shape index (κ3) is 2.42. The second-order valence-electron chi connectivity index (χ2n) is 2.18. The monoisotopic (exact) mass is 190 g/mol. The van der Waals surface area contributed by atoms with Crippen LogP contribution in [0.4, 0.5) is 0 Å². The molecule has 1 aromatic rings. The molecule has 1 fully saturated rings. The molecule has 11 heavy (non-hydrogen) atoms. The molecule has 0 radical (unpaired) electrons. The summed E-state index contributed by atoms with van der Waals surface area (Å²) in [5, 5.41) is 0. The van der Waals surface area contributed by atoms with Crippen LogP contribution in [0.15, 0.2) is 0 Å². The molecule has 1 aliphatic rings. The van der Waals surface area contributed by atoms with Crippen LogP contribution in [0, 0.1) is 0 Å². The molecule has 0 unspecified atom stereocenters. The van der Waals surface area contributed by atoms with Crippen molar-refractivity contribution in [1.29, 1.82) is 0 Å². The maximum atomic E-state index is 5.58. The summed E-state index contributed by atoms with van der Waals surface area (Å²) in [7, 11) is 0. The first-order chi connectivity index (χ1) is 5.36. The predicted molar refractivity (Wildman–Crippen MR) is 48.2 cm³/mol. The number of rotatable bonds is 1. The van der Waals surface area contributed by atoms with E-state index in [0.29, 0.717) is 10.4 Å². The Balaban J connectivity index is 0.000000281. The molecule has 1 aliphatic carbocycles. The fourth-order valence-electron chi connectivity index (χ4n) is 0.723. The van der Waals surface area contributed by atoms with E-state index in [1.54, 1.807) is 0 Å². The zero-order valence-electron chi connectivity index (χ0n) is 6.67. The highest BCUT2D eigenvalue weighted by Crippen LogP contribution is 2.39. The number of nitrogens with zero attached hydrogens (tertiary/aromatic N) is 2. The van der Waals surface area contributed by atoms with Gasteiger partial charge in [0.05, 0.1) is 0 Å². The van der Waals surface area contributed by atoms with Crippen LogP contribution < -0.4 is 0 Å². The average Bonchev–Trinajstić information content (AvgIpc) is 2.80. The molecule has 1 saturated carbocycles. The van der Waals surface area contributed by atoms with Gasteiger partial charge in [-0.2, -0.15) is 4.37 Å². The van der Waals surface area contributed by atoms with Crippen molar-refractivity contribution >= 4 is 23.1 Å². The van der Waals surface area contributed by atoms with E-state index in [1.165, 1.54) is 24.4 Å². The average molecular weight is 191 g/mol. The Morgan fingerprint density at radius 2 is 2.09 bits per heavy atom. The molecular formula is C7H11ClN2S. The van der Waals surface area contributed by atoms with E-state index >= 15 is 0 Å². The molecule has 0 N–H and O–H groups in total. The smallest absolute Gasteiger partial charge is 0.203 e. The standard InChI is InChI=1S/C5H5ClN2S.C2H6/c6-5-7-4(8-9-5)3-1-2-3;1-2/h3H,1-2H2;1-2H3. The van der Waals surface area contributed by atoms with Gasteiger partial charge in [0.15, 0.2) is 0 Å². The van der Waals surface area contributed by atoms with E-state index in [4.69, 9.17) is 11.6 Å². The van der Waals surface area contributed by atoms with Crippen molar-refractivity contribution in [2.75, 3.05) is 0 Å². The van der Waals surface area contributed by atoms with E-state index in [1.807, 2.05) is 13.8 Å². The highest BCUT2D eigenvalue weighted by Gasteiger charge is 2.27. The second kappa shape index (κ2) is 4.02. The molecule has 0 spiro atoms. The third-order valence-electron chi connectivity index (χ3n) is 1.36. The molecule has 0 aromatic carbocycles. The van der Waals surface area contributed by atoms with Crippen LogP contribution in [-0.4, -0.2) is 9.36 Å². The van der Waals surface area contributed by atoms with Gasteiger partial charge < -0.3 is 0 Å². The van der Waals surface area contributed by atoms with Gasteiger partial charge in [-0.25, -0.2) is 4.98 Å². The van der Waals surface area contributed by atoms with E-state index in [9.17, 15) is 0 Å². The minimum Gasteiger partial charge on any atom is -0.208 e. The lowest BCUT2D eigenvalue weighted by Gasteiger charge is -1.79. The summed E-state index contributed by atoms with van der Waals surface area (Å²) < 4.78 is 4.64. The number of hydrogen-bond acceptors (Lipinski definition) is 3. The third-order valence-corrected chi connectivity index (χ3v) is 2.17. The molecular weight excluding hydrogens is 180 g/mol. The molecule has 0 atom stereocenters. The normalized spacial score (nSPS) is 15.5. The molecule has 4 heteroatoms. The van der Waals surface area contributed by atoms with Crippen LogP contribution >= 0.6 is 23.1 Å². The second-order valence-corrected chi connectivity index (χ2v) is 3.51. The fourth-order valence-corrected chi connectivity index (χ4v) is 1.41. The summed E-state index contributed by atoms with van der Waals surface area (Å²) in [6.07, 6.45) is 2.49. The minimum absolute atomic E-state index is 0.567. The van der Waals surface area contributed by atoms with Gasteiger partial charge in [-0.15, -0.1) is 0 Å². The molecule has 2 rings (SSSR count). The Kier molecular flexibility index (Phi) is 3.27. The van der Waals surface area contributed by atoms with Gasteiger partial charge in [0, 0.05) is 5.92 Å². The lowest BCUT2D eigenvalue weighted by atomic mass is 10.4. The zero-order chi connectivity index (χ0) is 8.27. The van der Waals surface area contributed by atoms with Gasteiger partial charge in [0.1, 0.15) is 5.82 Å². The largest absolute Gasteiger partial charge is 0.208 e. The van der Waals surface area contributed by atoms with Gasteiger partial charge in [0.2, 0.25) is 4.47 Å². The molecule has 1 heterocycles. The van der Waals surface area contributed by atoms with Gasteiger partial charge in [0.25, 0.3) is 0 Å². The Labute approximate surface area is 75.8 Å². The summed E-state index contributed by atoms with van der Waals surface area (Å²) in [6, 6.07) is 0. The van der Waals surface area contributed by atoms with Crippen LogP contribution in [0.5, 0.6) is 0 Å². The van der Waals surface area contributed by atoms with Crippen LogP contribution in [0.3, 0.4) is 0 Å². The first kappa shape index (κ1) is 8.94. The molecule has 1 aromatic heterocycles. The van der Waals surface area contributed by atoms with Gasteiger partial charge >= 0.3 is 0 Å². The lowest BCUT2D eigenvalue weighted by molar-refractivity contribution is 0.986.